The monoisotopic (exact) mass is 221 g/mol. The number of aromatic nitrogens is 2. The first kappa shape index (κ1) is 13.0. The molecule has 1 atom stereocenters. The van der Waals surface area contributed by atoms with Gasteiger partial charge in [0.1, 0.15) is 0 Å². The molecular formula is C13H23N3. The van der Waals surface area contributed by atoms with E-state index in [1.165, 1.54) is 12.0 Å². The summed E-state index contributed by atoms with van der Waals surface area (Å²) in [4.78, 5) is 0. The minimum atomic E-state index is 0.553. The van der Waals surface area contributed by atoms with Gasteiger partial charge in [0, 0.05) is 19.3 Å². The average molecular weight is 221 g/mol. The van der Waals surface area contributed by atoms with Gasteiger partial charge in [-0.05, 0) is 37.8 Å². The predicted octanol–water partition coefficient (Wildman–Crippen LogP) is 2.30. The van der Waals surface area contributed by atoms with E-state index in [2.05, 4.69) is 30.1 Å². The van der Waals surface area contributed by atoms with Crippen molar-refractivity contribution < 1.29 is 0 Å². The smallest absolute Gasteiger partial charge is 0.0521 e. The summed E-state index contributed by atoms with van der Waals surface area (Å²) in [6.07, 6.45) is 10.5. The zero-order valence-corrected chi connectivity index (χ0v) is 10.4. The standard InChI is InChI=1S/C13H23N3/c1-4-6-13(14-9-5-2)8-7-12-10-15-16(3)11-12/h4,10-11,13-14H,1,5-9H2,2-3H3. The SMILES string of the molecule is C=CCC(CCc1cnn(C)c1)NCCC. The lowest BCUT2D eigenvalue weighted by Gasteiger charge is -2.16. The molecule has 90 valence electrons. The van der Waals surface area contributed by atoms with Gasteiger partial charge in [0.25, 0.3) is 0 Å². The lowest BCUT2D eigenvalue weighted by molar-refractivity contribution is 0.484. The number of aryl methyl sites for hydroxylation is 2. The molecule has 0 aliphatic carbocycles. The molecule has 0 spiro atoms. The van der Waals surface area contributed by atoms with Crippen molar-refractivity contribution in [2.24, 2.45) is 7.05 Å². The summed E-state index contributed by atoms with van der Waals surface area (Å²) >= 11 is 0. The largest absolute Gasteiger partial charge is 0.314 e. The van der Waals surface area contributed by atoms with Gasteiger partial charge in [-0.15, -0.1) is 6.58 Å². The zero-order valence-electron chi connectivity index (χ0n) is 10.4. The van der Waals surface area contributed by atoms with Crippen LogP contribution in [-0.2, 0) is 13.5 Å². The van der Waals surface area contributed by atoms with E-state index in [1.54, 1.807) is 0 Å². The van der Waals surface area contributed by atoms with Crippen molar-refractivity contribution >= 4 is 0 Å². The molecular weight excluding hydrogens is 198 g/mol. The first-order valence-corrected chi connectivity index (χ1v) is 6.08. The quantitative estimate of drug-likeness (QED) is 0.683. The molecule has 1 aromatic rings. The van der Waals surface area contributed by atoms with Crippen LogP contribution < -0.4 is 5.32 Å². The van der Waals surface area contributed by atoms with Crippen molar-refractivity contribution in [1.29, 1.82) is 0 Å². The van der Waals surface area contributed by atoms with E-state index in [1.807, 2.05) is 24.0 Å². The first-order chi connectivity index (χ1) is 7.76. The molecule has 0 saturated heterocycles. The molecule has 0 aromatic carbocycles. The summed E-state index contributed by atoms with van der Waals surface area (Å²) in [5.41, 5.74) is 1.31. The maximum absolute atomic E-state index is 4.18. The van der Waals surface area contributed by atoms with Crippen LogP contribution in [0.4, 0.5) is 0 Å². The lowest BCUT2D eigenvalue weighted by atomic mass is 10.1. The van der Waals surface area contributed by atoms with Crippen LogP contribution in [0.25, 0.3) is 0 Å². The van der Waals surface area contributed by atoms with Crippen LogP contribution in [0.1, 0.15) is 31.7 Å². The van der Waals surface area contributed by atoms with Gasteiger partial charge in [0.05, 0.1) is 6.20 Å². The highest BCUT2D eigenvalue weighted by Gasteiger charge is 2.06. The Kier molecular flexibility index (Phi) is 5.86. The van der Waals surface area contributed by atoms with Crippen molar-refractivity contribution in [2.45, 2.75) is 38.6 Å². The van der Waals surface area contributed by atoms with Gasteiger partial charge < -0.3 is 5.32 Å². The first-order valence-electron chi connectivity index (χ1n) is 6.08. The molecule has 0 bridgehead atoms. The van der Waals surface area contributed by atoms with Gasteiger partial charge in [0.2, 0.25) is 0 Å². The van der Waals surface area contributed by atoms with E-state index in [4.69, 9.17) is 0 Å². The second-order valence-electron chi connectivity index (χ2n) is 4.24. The molecule has 0 aliphatic rings. The van der Waals surface area contributed by atoms with Gasteiger partial charge in [-0.1, -0.05) is 13.0 Å². The highest BCUT2D eigenvalue weighted by atomic mass is 15.2. The zero-order chi connectivity index (χ0) is 11.8. The van der Waals surface area contributed by atoms with Crippen molar-refractivity contribution in [1.82, 2.24) is 15.1 Å². The van der Waals surface area contributed by atoms with E-state index in [-0.39, 0.29) is 0 Å². The molecule has 1 rings (SSSR count). The molecule has 0 aliphatic heterocycles. The van der Waals surface area contributed by atoms with Gasteiger partial charge >= 0.3 is 0 Å². The van der Waals surface area contributed by atoms with Crippen LogP contribution >= 0.6 is 0 Å². The predicted molar refractivity (Wildman–Crippen MR) is 68.4 cm³/mol. The van der Waals surface area contributed by atoms with E-state index in [0.717, 1.165) is 25.8 Å². The molecule has 3 heteroatoms. The van der Waals surface area contributed by atoms with E-state index < -0.39 is 0 Å². The van der Waals surface area contributed by atoms with Crippen LogP contribution in [0.5, 0.6) is 0 Å². The Hall–Kier alpha value is -1.09. The molecule has 1 heterocycles. The molecule has 16 heavy (non-hydrogen) atoms. The maximum atomic E-state index is 4.18. The second-order valence-corrected chi connectivity index (χ2v) is 4.24. The Bertz CT molecular complexity index is 304. The van der Waals surface area contributed by atoms with Crippen LogP contribution in [0.3, 0.4) is 0 Å². The van der Waals surface area contributed by atoms with Crippen molar-refractivity contribution in [2.75, 3.05) is 6.54 Å². The molecule has 0 radical (unpaired) electrons. The Morgan fingerprint density at radius 2 is 2.44 bits per heavy atom. The normalized spacial score (nSPS) is 12.6. The van der Waals surface area contributed by atoms with E-state index in [0.29, 0.717) is 6.04 Å². The third-order valence-electron chi connectivity index (χ3n) is 2.67. The minimum Gasteiger partial charge on any atom is -0.314 e. The molecule has 1 aromatic heterocycles. The van der Waals surface area contributed by atoms with Gasteiger partial charge in [-0.25, -0.2) is 0 Å². The minimum absolute atomic E-state index is 0.553. The van der Waals surface area contributed by atoms with E-state index >= 15 is 0 Å². The summed E-state index contributed by atoms with van der Waals surface area (Å²) in [5, 5.41) is 7.73. The molecule has 0 fully saturated rings. The molecule has 1 unspecified atom stereocenters. The summed E-state index contributed by atoms with van der Waals surface area (Å²) < 4.78 is 1.86. The fraction of sp³-hybridized carbons (Fsp3) is 0.615. The Balaban J connectivity index is 2.33. The van der Waals surface area contributed by atoms with Gasteiger partial charge in [-0.2, -0.15) is 5.10 Å². The van der Waals surface area contributed by atoms with Crippen LogP contribution in [0, 0.1) is 0 Å². The van der Waals surface area contributed by atoms with Crippen LogP contribution in [-0.4, -0.2) is 22.4 Å². The van der Waals surface area contributed by atoms with Crippen LogP contribution in [0.15, 0.2) is 25.0 Å². The Morgan fingerprint density at radius 1 is 1.62 bits per heavy atom. The highest BCUT2D eigenvalue weighted by Crippen LogP contribution is 2.07. The summed E-state index contributed by atoms with van der Waals surface area (Å²) in [6, 6.07) is 0.553. The van der Waals surface area contributed by atoms with Crippen molar-refractivity contribution in [3.63, 3.8) is 0 Å². The Morgan fingerprint density at radius 3 is 3.00 bits per heavy atom. The fourth-order valence-corrected chi connectivity index (χ4v) is 1.79. The molecule has 0 amide bonds. The molecule has 0 saturated carbocycles. The average Bonchev–Trinajstić information content (AvgIpc) is 2.68. The van der Waals surface area contributed by atoms with Crippen molar-refractivity contribution in [3.05, 3.63) is 30.6 Å². The third kappa shape index (κ3) is 4.62. The highest BCUT2D eigenvalue weighted by molar-refractivity contribution is 5.04. The van der Waals surface area contributed by atoms with Crippen LogP contribution in [0.2, 0.25) is 0 Å². The fourth-order valence-electron chi connectivity index (χ4n) is 1.79. The maximum Gasteiger partial charge on any atom is 0.0521 e. The Labute approximate surface area is 98.5 Å². The summed E-state index contributed by atoms with van der Waals surface area (Å²) in [5.74, 6) is 0. The van der Waals surface area contributed by atoms with Gasteiger partial charge in [0.15, 0.2) is 0 Å². The number of hydrogen-bond donors (Lipinski definition) is 1. The summed E-state index contributed by atoms with van der Waals surface area (Å²) in [6.45, 7) is 7.09. The van der Waals surface area contributed by atoms with E-state index in [9.17, 15) is 0 Å². The number of nitrogens with zero attached hydrogens (tertiary/aromatic N) is 2. The lowest BCUT2D eigenvalue weighted by Crippen LogP contribution is -2.29. The van der Waals surface area contributed by atoms with Crippen molar-refractivity contribution in [3.8, 4) is 0 Å². The number of nitrogens with one attached hydrogen (secondary N) is 1. The topological polar surface area (TPSA) is 29.9 Å². The molecule has 1 N–H and O–H groups in total. The van der Waals surface area contributed by atoms with Gasteiger partial charge in [-0.3, -0.25) is 4.68 Å². The number of rotatable bonds is 8. The third-order valence-corrected chi connectivity index (χ3v) is 2.67. The second kappa shape index (κ2) is 7.23. The summed E-state index contributed by atoms with van der Waals surface area (Å²) in [7, 11) is 1.96. The number of hydrogen-bond acceptors (Lipinski definition) is 2. The molecule has 3 nitrogen and oxygen atoms in total.